The average Bonchev–Trinajstić information content (AvgIpc) is 3.13. The van der Waals surface area contributed by atoms with Crippen molar-refractivity contribution < 1.29 is 9.18 Å². The highest BCUT2D eigenvalue weighted by Crippen LogP contribution is 2.25. The fourth-order valence-corrected chi connectivity index (χ4v) is 2.98. The van der Waals surface area contributed by atoms with Gasteiger partial charge in [-0.15, -0.1) is 12.4 Å². The quantitative estimate of drug-likeness (QED) is 0.865. The van der Waals surface area contributed by atoms with E-state index in [0.717, 1.165) is 12.8 Å². The topological polar surface area (TPSA) is 72.9 Å². The average molecular weight is 373 g/mol. The molecule has 0 radical (unpaired) electrons. The SMILES string of the molecule is Cl.NC1CCC(C(=O)Nc2ccnn2Cc2ccc(Cl)c(F)c2)C1. The number of hydrogen-bond acceptors (Lipinski definition) is 3. The Kier molecular flexibility index (Phi) is 6.21. The van der Waals surface area contributed by atoms with Crippen LogP contribution < -0.4 is 11.1 Å². The Labute approximate surface area is 150 Å². The van der Waals surface area contributed by atoms with E-state index in [0.29, 0.717) is 24.3 Å². The molecule has 1 saturated carbocycles. The molecule has 1 heterocycles. The predicted octanol–water partition coefficient (Wildman–Crippen LogP) is 3.21. The van der Waals surface area contributed by atoms with Crippen LogP contribution in [0.2, 0.25) is 5.02 Å². The van der Waals surface area contributed by atoms with Crippen LogP contribution in [0.5, 0.6) is 0 Å². The van der Waals surface area contributed by atoms with Gasteiger partial charge in [-0.2, -0.15) is 5.10 Å². The number of halogens is 3. The summed E-state index contributed by atoms with van der Waals surface area (Å²) in [4.78, 5) is 12.3. The molecule has 130 valence electrons. The normalized spacial score (nSPS) is 19.8. The molecule has 3 N–H and O–H groups in total. The zero-order valence-electron chi connectivity index (χ0n) is 12.9. The smallest absolute Gasteiger partial charge is 0.228 e. The third-order valence-electron chi connectivity index (χ3n) is 4.13. The Balaban J connectivity index is 0.00000208. The van der Waals surface area contributed by atoms with E-state index in [1.54, 1.807) is 23.0 Å². The van der Waals surface area contributed by atoms with Gasteiger partial charge in [0.25, 0.3) is 0 Å². The Morgan fingerprint density at radius 3 is 2.88 bits per heavy atom. The standard InChI is InChI=1S/C16H18ClFN4O.ClH/c17-13-4-1-10(7-14(13)18)9-22-15(5-6-20-22)21-16(23)11-2-3-12(19)8-11;/h1,4-7,11-12H,2-3,8-9,19H2,(H,21,23);1H. The van der Waals surface area contributed by atoms with Crippen molar-refractivity contribution in [2.75, 3.05) is 5.32 Å². The van der Waals surface area contributed by atoms with Crippen molar-refractivity contribution in [1.29, 1.82) is 0 Å². The lowest BCUT2D eigenvalue weighted by Gasteiger charge is -2.13. The molecule has 2 unspecified atom stereocenters. The Bertz CT molecular complexity index is 722. The van der Waals surface area contributed by atoms with Gasteiger partial charge >= 0.3 is 0 Å². The van der Waals surface area contributed by atoms with Crippen LogP contribution in [0.4, 0.5) is 10.2 Å². The molecule has 1 aromatic heterocycles. The number of carbonyl (C=O) groups excluding carboxylic acids is 1. The first-order valence-corrected chi connectivity index (χ1v) is 7.93. The minimum absolute atomic E-state index is 0. The molecular weight excluding hydrogens is 354 g/mol. The number of nitrogens with one attached hydrogen (secondary N) is 1. The van der Waals surface area contributed by atoms with E-state index in [9.17, 15) is 9.18 Å². The van der Waals surface area contributed by atoms with Gasteiger partial charge < -0.3 is 11.1 Å². The third kappa shape index (κ3) is 4.26. The van der Waals surface area contributed by atoms with Crippen molar-refractivity contribution in [3.63, 3.8) is 0 Å². The number of aromatic nitrogens is 2. The van der Waals surface area contributed by atoms with E-state index in [1.807, 2.05) is 0 Å². The number of nitrogens with two attached hydrogens (primary N) is 1. The molecule has 0 spiro atoms. The molecular formula is C16H19Cl2FN4O. The van der Waals surface area contributed by atoms with Crippen molar-refractivity contribution in [1.82, 2.24) is 9.78 Å². The summed E-state index contributed by atoms with van der Waals surface area (Å²) in [5.41, 5.74) is 6.57. The van der Waals surface area contributed by atoms with Gasteiger partial charge in [0, 0.05) is 18.0 Å². The van der Waals surface area contributed by atoms with Crippen molar-refractivity contribution in [2.45, 2.75) is 31.8 Å². The van der Waals surface area contributed by atoms with E-state index in [2.05, 4.69) is 10.4 Å². The molecule has 0 aliphatic heterocycles. The number of anilines is 1. The number of hydrogen-bond donors (Lipinski definition) is 2. The van der Waals surface area contributed by atoms with Gasteiger partial charge in [0.1, 0.15) is 11.6 Å². The molecule has 1 aliphatic carbocycles. The Morgan fingerprint density at radius 1 is 1.42 bits per heavy atom. The van der Waals surface area contributed by atoms with Crippen molar-refractivity contribution >= 4 is 35.7 Å². The zero-order chi connectivity index (χ0) is 16.4. The fourth-order valence-electron chi connectivity index (χ4n) is 2.86. The number of carbonyl (C=O) groups is 1. The highest BCUT2D eigenvalue weighted by Gasteiger charge is 2.28. The van der Waals surface area contributed by atoms with E-state index in [-0.39, 0.29) is 35.3 Å². The van der Waals surface area contributed by atoms with Crippen molar-refractivity contribution in [3.8, 4) is 0 Å². The van der Waals surface area contributed by atoms with Gasteiger partial charge in [-0.3, -0.25) is 4.79 Å². The molecule has 5 nitrogen and oxygen atoms in total. The molecule has 1 amide bonds. The molecule has 0 bridgehead atoms. The minimum Gasteiger partial charge on any atom is -0.328 e. The van der Waals surface area contributed by atoms with E-state index >= 15 is 0 Å². The lowest BCUT2D eigenvalue weighted by atomic mass is 10.1. The van der Waals surface area contributed by atoms with Crippen LogP contribution in [0.3, 0.4) is 0 Å². The van der Waals surface area contributed by atoms with Crippen molar-refractivity contribution in [3.05, 3.63) is 46.9 Å². The van der Waals surface area contributed by atoms with Crippen LogP contribution in [0.25, 0.3) is 0 Å². The molecule has 2 atom stereocenters. The summed E-state index contributed by atoms with van der Waals surface area (Å²) in [6.07, 6.45) is 4.00. The number of benzene rings is 1. The molecule has 0 saturated heterocycles. The molecule has 8 heteroatoms. The Hall–Kier alpha value is -1.63. The van der Waals surface area contributed by atoms with Crippen LogP contribution >= 0.6 is 24.0 Å². The maximum absolute atomic E-state index is 13.5. The third-order valence-corrected chi connectivity index (χ3v) is 4.43. The summed E-state index contributed by atoms with van der Waals surface area (Å²) < 4.78 is 15.1. The predicted molar refractivity (Wildman–Crippen MR) is 93.9 cm³/mol. The lowest BCUT2D eigenvalue weighted by Crippen LogP contribution is -2.24. The van der Waals surface area contributed by atoms with Crippen LogP contribution in [0.1, 0.15) is 24.8 Å². The first-order chi connectivity index (χ1) is 11.0. The summed E-state index contributed by atoms with van der Waals surface area (Å²) >= 11 is 5.68. The highest BCUT2D eigenvalue weighted by atomic mass is 35.5. The lowest BCUT2D eigenvalue weighted by molar-refractivity contribution is -0.119. The number of amides is 1. The van der Waals surface area contributed by atoms with Crippen LogP contribution in [-0.2, 0) is 11.3 Å². The zero-order valence-corrected chi connectivity index (χ0v) is 14.5. The second kappa shape index (κ2) is 7.96. The minimum atomic E-state index is -0.471. The van der Waals surface area contributed by atoms with Gasteiger partial charge in [-0.25, -0.2) is 9.07 Å². The first kappa shape index (κ1) is 18.7. The largest absolute Gasteiger partial charge is 0.328 e. The van der Waals surface area contributed by atoms with Gasteiger partial charge in [0.05, 0.1) is 17.8 Å². The summed E-state index contributed by atoms with van der Waals surface area (Å²) in [6.45, 7) is 0.348. The van der Waals surface area contributed by atoms with E-state index in [1.165, 1.54) is 12.1 Å². The van der Waals surface area contributed by atoms with E-state index < -0.39 is 5.82 Å². The second-order valence-corrected chi connectivity index (χ2v) is 6.29. The second-order valence-electron chi connectivity index (χ2n) is 5.88. The van der Waals surface area contributed by atoms with Gasteiger partial charge in [0.2, 0.25) is 5.91 Å². The highest BCUT2D eigenvalue weighted by molar-refractivity contribution is 6.30. The van der Waals surface area contributed by atoms with Gasteiger partial charge in [-0.1, -0.05) is 17.7 Å². The van der Waals surface area contributed by atoms with Gasteiger partial charge in [0.15, 0.2) is 0 Å². The van der Waals surface area contributed by atoms with Crippen LogP contribution in [0.15, 0.2) is 30.5 Å². The van der Waals surface area contributed by atoms with E-state index in [4.69, 9.17) is 17.3 Å². The number of rotatable bonds is 4. The Morgan fingerprint density at radius 2 is 2.21 bits per heavy atom. The van der Waals surface area contributed by atoms with Crippen LogP contribution in [-0.4, -0.2) is 21.7 Å². The molecule has 2 aromatic rings. The summed E-state index contributed by atoms with van der Waals surface area (Å²) in [5.74, 6) is 0.0241. The monoisotopic (exact) mass is 372 g/mol. The number of nitrogens with zero attached hydrogens (tertiary/aromatic N) is 2. The first-order valence-electron chi connectivity index (χ1n) is 7.55. The summed E-state index contributed by atoms with van der Waals surface area (Å²) in [5, 5.41) is 7.15. The fraction of sp³-hybridized carbons (Fsp3) is 0.375. The molecule has 3 rings (SSSR count). The molecule has 1 aromatic carbocycles. The molecule has 1 fully saturated rings. The maximum Gasteiger partial charge on any atom is 0.228 e. The van der Waals surface area contributed by atoms with Gasteiger partial charge in [-0.05, 0) is 37.0 Å². The molecule has 24 heavy (non-hydrogen) atoms. The van der Waals surface area contributed by atoms with Crippen molar-refractivity contribution in [2.24, 2.45) is 11.7 Å². The maximum atomic E-state index is 13.5. The summed E-state index contributed by atoms with van der Waals surface area (Å²) in [6, 6.07) is 6.43. The van der Waals surface area contributed by atoms with Crippen LogP contribution in [0, 0.1) is 11.7 Å². The molecule has 1 aliphatic rings. The summed E-state index contributed by atoms with van der Waals surface area (Å²) in [7, 11) is 0.